The summed E-state index contributed by atoms with van der Waals surface area (Å²) < 4.78 is 1.61. The Kier molecular flexibility index (Phi) is 3.88. The van der Waals surface area contributed by atoms with Gasteiger partial charge in [0.2, 0.25) is 0 Å². The summed E-state index contributed by atoms with van der Waals surface area (Å²) in [5.41, 5.74) is 0.521. The van der Waals surface area contributed by atoms with Crippen molar-refractivity contribution in [3.8, 4) is 5.75 Å². The van der Waals surface area contributed by atoms with Gasteiger partial charge in [-0.05, 0) is 13.0 Å². The molecule has 1 amide bonds. The Morgan fingerprint density at radius 3 is 2.76 bits per heavy atom. The van der Waals surface area contributed by atoms with E-state index in [2.05, 4.69) is 10.4 Å². The molecule has 0 aliphatic rings. The van der Waals surface area contributed by atoms with E-state index < -0.39 is 16.6 Å². The first-order chi connectivity index (χ1) is 9.88. The monoisotopic (exact) mass is 290 g/mol. The number of aromatic hydroxyl groups is 1. The molecule has 21 heavy (non-hydrogen) atoms. The molecule has 0 unspecified atom stereocenters. The minimum atomic E-state index is -0.639. The predicted octanol–water partition coefficient (Wildman–Crippen LogP) is 1.52. The number of nitrogens with zero attached hydrogens (tertiary/aromatic N) is 3. The zero-order valence-corrected chi connectivity index (χ0v) is 11.5. The van der Waals surface area contributed by atoms with Crippen LogP contribution in [0.4, 0.5) is 5.69 Å². The van der Waals surface area contributed by atoms with Crippen LogP contribution in [0.2, 0.25) is 0 Å². The molecule has 0 saturated heterocycles. The molecule has 0 radical (unpaired) electrons. The van der Waals surface area contributed by atoms with Crippen molar-refractivity contribution in [2.75, 3.05) is 0 Å². The summed E-state index contributed by atoms with van der Waals surface area (Å²) in [6.07, 6.45) is 3.39. The molecule has 1 heterocycles. The average Bonchev–Trinajstić information content (AvgIpc) is 2.85. The number of carbonyl (C=O) groups is 1. The van der Waals surface area contributed by atoms with Gasteiger partial charge < -0.3 is 10.4 Å². The normalized spacial score (nSPS) is 11.9. The van der Waals surface area contributed by atoms with Crippen molar-refractivity contribution in [2.24, 2.45) is 7.05 Å². The number of phenols is 1. The van der Waals surface area contributed by atoms with Crippen LogP contribution in [0, 0.1) is 10.1 Å². The Balaban J connectivity index is 2.15. The number of hydrogen-bond donors (Lipinski definition) is 2. The molecule has 0 aliphatic carbocycles. The minimum Gasteiger partial charge on any atom is -0.507 e. The summed E-state index contributed by atoms with van der Waals surface area (Å²) in [6.45, 7) is 1.78. The van der Waals surface area contributed by atoms with Gasteiger partial charge in [0, 0.05) is 24.9 Å². The molecule has 0 bridgehead atoms. The number of amides is 1. The van der Waals surface area contributed by atoms with Gasteiger partial charge in [0.25, 0.3) is 11.6 Å². The minimum absolute atomic E-state index is 0.0173. The van der Waals surface area contributed by atoms with Crippen molar-refractivity contribution in [2.45, 2.75) is 13.0 Å². The number of aromatic nitrogens is 2. The predicted molar refractivity (Wildman–Crippen MR) is 73.9 cm³/mol. The van der Waals surface area contributed by atoms with Gasteiger partial charge in [0.1, 0.15) is 5.75 Å². The molecule has 8 heteroatoms. The Labute approximate surface area is 120 Å². The highest BCUT2D eigenvalue weighted by Crippen LogP contribution is 2.24. The number of nitrogens with one attached hydrogen (secondary N) is 1. The third-order valence-electron chi connectivity index (χ3n) is 3.01. The van der Waals surface area contributed by atoms with Crippen molar-refractivity contribution in [3.05, 3.63) is 51.8 Å². The zero-order chi connectivity index (χ0) is 15.6. The van der Waals surface area contributed by atoms with E-state index in [1.165, 1.54) is 12.1 Å². The van der Waals surface area contributed by atoms with Crippen LogP contribution in [0.3, 0.4) is 0 Å². The van der Waals surface area contributed by atoms with Crippen LogP contribution >= 0.6 is 0 Å². The van der Waals surface area contributed by atoms with Gasteiger partial charge in [0.15, 0.2) is 0 Å². The highest BCUT2D eigenvalue weighted by Gasteiger charge is 2.18. The lowest BCUT2D eigenvalue weighted by atomic mass is 10.1. The van der Waals surface area contributed by atoms with Gasteiger partial charge in [0.05, 0.1) is 28.8 Å². The highest BCUT2D eigenvalue weighted by molar-refractivity contribution is 5.97. The number of aryl methyl sites for hydroxylation is 1. The summed E-state index contributed by atoms with van der Waals surface area (Å²) in [6, 6.07) is 3.03. The molecule has 0 saturated carbocycles. The summed E-state index contributed by atoms with van der Waals surface area (Å²) in [7, 11) is 1.76. The number of benzene rings is 1. The molecule has 1 atom stereocenters. The van der Waals surface area contributed by atoms with E-state index in [9.17, 15) is 20.0 Å². The van der Waals surface area contributed by atoms with Crippen LogP contribution in [0.15, 0.2) is 30.6 Å². The van der Waals surface area contributed by atoms with Crippen LogP contribution < -0.4 is 5.32 Å². The number of carbonyl (C=O) groups excluding carboxylic acids is 1. The van der Waals surface area contributed by atoms with E-state index in [-0.39, 0.29) is 17.3 Å². The summed E-state index contributed by atoms with van der Waals surface area (Å²) in [5, 5.41) is 27.0. The van der Waals surface area contributed by atoms with E-state index >= 15 is 0 Å². The van der Waals surface area contributed by atoms with Crippen LogP contribution in [-0.2, 0) is 7.05 Å². The number of hydrogen-bond acceptors (Lipinski definition) is 5. The Bertz CT molecular complexity index is 695. The third kappa shape index (κ3) is 3.16. The standard InChI is InChI=1S/C13H14N4O4/c1-8(9-6-14-16(2)7-9)15-13(19)11-4-3-10(17(20)21)5-12(11)18/h3-8,18H,1-2H3,(H,15,19)/t8-/m0/s1. The molecule has 110 valence electrons. The van der Waals surface area contributed by atoms with Gasteiger partial charge >= 0.3 is 0 Å². The fourth-order valence-electron chi connectivity index (χ4n) is 1.85. The van der Waals surface area contributed by atoms with E-state index in [1.54, 1.807) is 31.0 Å². The van der Waals surface area contributed by atoms with Gasteiger partial charge in [-0.3, -0.25) is 19.6 Å². The smallest absolute Gasteiger partial charge is 0.273 e. The molecule has 2 N–H and O–H groups in total. The van der Waals surface area contributed by atoms with E-state index in [4.69, 9.17) is 0 Å². The van der Waals surface area contributed by atoms with Crippen molar-refractivity contribution < 1.29 is 14.8 Å². The molecule has 8 nitrogen and oxygen atoms in total. The Morgan fingerprint density at radius 2 is 2.24 bits per heavy atom. The first kappa shape index (κ1) is 14.5. The first-order valence-electron chi connectivity index (χ1n) is 6.15. The first-order valence-corrected chi connectivity index (χ1v) is 6.15. The van der Waals surface area contributed by atoms with Crippen molar-refractivity contribution >= 4 is 11.6 Å². The molecule has 2 aromatic rings. The Hall–Kier alpha value is -2.90. The maximum absolute atomic E-state index is 12.1. The average molecular weight is 290 g/mol. The van der Waals surface area contributed by atoms with Gasteiger partial charge in [-0.1, -0.05) is 0 Å². The molecule has 1 aromatic carbocycles. The van der Waals surface area contributed by atoms with Gasteiger partial charge in [-0.25, -0.2) is 0 Å². The largest absolute Gasteiger partial charge is 0.507 e. The molecular weight excluding hydrogens is 276 g/mol. The zero-order valence-electron chi connectivity index (χ0n) is 11.5. The van der Waals surface area contributed by atoms with Crippen LogP contribution in [-0.4, -0.2) is 25.7 Å². The fourth-order valence-corrected chi connectivity index (χ4v) is 1.85. The van der Waals surface area contributed by atoms with Crippen molar-refractivity contribution in [1.29, 1.82) is 0 Å². The molecule has 0 fully saturated rings. The molecule has 1 aromatic heterocycles. The highest BCUT2D eigenvalue weighted by atomic mass is 16.6. The number of nitro groups is 1. The molecule has 0 spiro atoms. The quantitative estimate of drug-likeness (QED) is 0.655. The second-order valence-corrected chi connectivity index (χ2v) is 4.60. The summed E-state index contributed by atoms with van der Waals surface area (Å²) in [5.74, 6) is -0.946. The lowest BCUT2D eigenvalue weighted by Crippen LogP contribution is -2.26. The van der Waals surface area contributed by atoms with Crippen LogP contribution in [0.1, 0.15) is 28.9 Å². The summed E-state index contributed by atoms with van der Waals surface area (Å²) in [4.78, 5) is 22.0. The molecule has 0 aliphatic heterocycles. The lowest BCUT2D eigenvalue weighted by Gasteiger charge is -2.12. The molecule has 2 rings (SSSR count). The lowest BCUT2D eigenvalue weighted by molar-refractivity contribution is -0.384. The van der Waals surface area contributed by atoms with Crippen LogP contribution in [0.25, 0.3) is 0 Å². The van der Waals surface area contributed by atoms with E-state index in [0.29, 0.717) is 0 Å². The van der Waals surface area contributed by atoms with E-state index in [0.717, 1.165) is 11.6 Å². The topological polar surface area (TPSA) is 110 Å². The number of phenolic OH excluding ortho intramolecular Hbond substituents is 1. The number of rotatable bonds is 4. The Morgan fingerprint density at radius 1 is 1.52 bits per heavy atom. The van der Waals surface area contributed by atoms with Crippen LogP contribution in [0.5, 0.6) is 5.75 Å². The molecular formula is C13H14N4O4. The second-order valence-electron chi connectivity index (χ2n) is 4.60. The van der Waals surface area contributed by atoms with Gasteiger partial charge in [-0.2, -0.15) is 5.10 Å². The summed E-state index contributed by atoms with van der Waals surface area (Å²) >= 11 is 0. The fraction of sp³-hybridized carbons (Fsp3) is 0.231. The SMILES string of the molecule is C[C@H](NC(=O)c1ccc([N+](=O)[O-])cc1O)c1cnn(C)c1. The maximum Gasteiger partial charge on any atom is 0.273 e. The number of non-ortho nitro benzene ring substituents is 1. The van der Waals surface area contributed by atoms with Gasteiger partial charge in [-0.15, -0.1) is 0 Å². The number of nitro benzene ring substituents is 1. The van der Waals surface area contributed by atoms with Crippen molar-refractivity contribution in [1.82, 2.24) is 15.1 Å². The second kappa shape index (κ2) is 5.61. The third-order valence-corrected chi connectivity index (χ3v) is 3.01. The maximum atomic E-state index is 12.1. The van der Waals surface area contributed by atoms with E-state index in [1.807, 2.05) is 0 Å². The van der Waals surface area contributed by atoms with Crippen molar-refractivity contribution in [3.63, 3.8) is 0 Å².